The molecular formula is C34H37F5N4O5. The molecule has 2 aromatic carbocycles. The van der Waals surface area contributed by atoms with E-state index >= 15 is 0 Å². The molecule has 14 heteroatoms. The maximum atomic E-state index is 13.9. The first kappa shape index (κ1) is 37.4. The molecule has 0 saturated heterocycles. The fourth-order valence-corrected chi connectivity index (χ4v) is 4.91. The number of benzene rings is 2. The summed E-state index contributed by atoms with van der Waals surface area (Å²) in [5.41, 5.74) is 2.59. The van der Waals surface area contributed by atoms with Crippen LogP contribution in [0.15, 0.2) is 53.5 Å². The summed E-state index contributed by atoms with van der Waals surface area (Å²) < 4.78 is 73.6. The minimum absolute atomic E-state index is 0.0762. The number of carboxylic acids is 1. The standard InChI is InChI=1S/C18H18N2O2.C14H13F5N2O3.C2H6/c1-11-7-8-14(17-13(11)6-5-9-19-17)16-15(22-4)10-12(2)20(3)18(16)21;15-8-3-7(21-12(6-1-2-6)14(17,18)19)4-9(16)11(8)13(24)20-5-10(22)23;1-2/h5-10H,1-4H3;3-4,6,12,21H,1-2,5H2,(H,20,24)(H,22,23);1-2H3. The molecule has 0 bridgehead atoms. The number of aryl methyl sites for hydroxylation is 2. The van der Waals surface area contributed by atoms with Gasteiger partial charge in [-0.15, -0.1) is 0 Å². The fourth-order valence-electron chi connectivity index (χ4n) is 4.91. The predicted molar refractivity (Wildman–Crippen MR) is 172 cm³/mol. The maximum absolute atomic E-state index is 13.9. The van der Waals surface area contributed by atoms with Crippen molar-refractivity contribution in [3.8, 4) is 16.9 Å². The first-order chi connectivity index (χ1) is 22.6. The highest BCUT2D eigenvalue weighted by atomic mass is 19.4. The number of aliphatic carboxylic acids is 1. The van der Waals surface area contributed by atoms with Gasteiger partial charge >= 0.3 is 12.1 Å². The van der Waals surface area contributed by atoms with Crippen molar-refractivity contribution in [2.24, 2.45) is 13.0 Å². The molecule has 1 saturated carbocycles. The number of nitrogens with zero attached hydrogens (tertiary/aromatic N) is 2. The van der Waals surface area contributed by atoms with E-state index in [4.69, 9.17) is 9.84 Å². The first-order valence-corrected chi connectivity index (χ1v) is 15.1. The summed E-state index contributed by atoms with van der Waals surface area (Å²) in [6.45, 7) is 7.08. The van der Waals surface area contributed by atoms with Crippen molar-refractivity contribution in [3.63, 3.8) is 0 Å². The van der Waals surface area contributed by atoms with E-state index in [2.05, 4.69) is 4.98 Å². The topological polar surface area (TPSA) is 123 Å². The van der Waals surface area contributed by atoms with Gasteiger partial charge in [0.15, 0.2) is 0 Å². The minimum Gasteiger partial charge on any atom is -0.496 e. The van der Waals surface area contributed by atoms with Gasteiger partial charge in [0.1, 0.15) is 35.5 Å². The van der Waals surface area contributed by atoms with Crippen LogP contribution in [-0.4, -0.2) is 52.4 Å². The molecule has 5 rings (SSSR count). The van der Waals surface area contributed by atoms with E-state index in [1.165, 1.54) is 0 Å². The molecular weight excluding hydrogens is 639 g/mol. The number of carbonyl (C=O) groups is 2. The second-order valence-electron chi connectivity index (χ2n) is 10.8. The number of fused-ring (bicyclic) bond motifs is 1. The SMILES string of the molecule is CC.COc1cc(C)n(C)c(=O)c1-c1ccc(C)c2cccnc12.O=C(O)CNC(=O)c1c(F)cc(NC(C2CC2)C(F)(F)F)cc1F. The quantitative estimate of drug-likeness (QED) is 0.176. The molecule has 0 spiro atoms. The predicted octanol–water partition coefficient (Wildman–Crippen LogP) is 6.78. The minimum atomic E-state index is -4.58. The number of pyridine rings is 2. The number of hydrogen-bond acceptors (Lipinski definition) is 6. The highest BCUT2D eigenvalue weighted by Gasteiger charge is 2.49. The van der Waals surface area contributed by atoms with Gasteiger partial charge in [-0.1, -0.05) is 32.0 Å². The number of anilines is 1. The third kappa shape index (κ3) is 8.66. The Morgan fingerprint density at radius 1 is 1.08 bits per heavy atom. The number of rotatable bonds is 8. The van der Waals surface area contributed by atoms with Gasteiger partial charge in [-0.3, -0.25) is 19.4 Å². The van der Waals surface area contributed by atoms with E-state index in [1.807, 2.05) is 63.3 Å². The van der Waals surface area contributed by atoms with Gasteiger partial charge in [0.2, 0.25) is 0 Å². The molecule has 1 amide bonds. The maximum Gasteiger partial charge on any atom is 0.408 e. The lowest BCUT2D eigenvalue weighted by Gasteiger charge is -2.22. The highest BCUT2D eigenvalue weighted by molar-refractivity contribution is 5.97. The molecule has 1 aliphatic carbocycles. The molecule has 1 atom stereocenters. The molecule has 1 unspecified atom stereocenters. The molecule has 0 radical (unpaired) electrons. The Morgan fingerprint density at radius 2 is 1.71 bits per heavy atom. The summed E-state index contributed by atoms with van der Waals surface area (Å²) in [7, 11) is 3.35. The van der Waals surface area contributed by atoms with Gasteiger partial charge in [-0.25, -0.2) is 8.78 Å². The van der Waals surface area contributed by atoms with Crippen molar-refractivity contribution >= 4 is 28.5 Å². The Balaban J connectivity index is 0.000000248. The van der Waals surface area contributed by atoms with Crippen LogP contribution in [-0.2, 0) is 11.8 Å². The second kappa shape index (κ2) is 15.7. The van der Waals surface area contributed by atoms with E-state index < -0.39 is 59.4 Å². The number of ether oxygens (including phenoxy) is 1. The molecule has 2 heterocycles. The summed E-state index contributed by atoms with van der Waals surface area (Å²) in [6.07, 6.45) is -2.11. The lowest BCUT2D eigenvalue weighted by Crippen LogP contribution is -2.38. The zero-order chi connectivity index (χ0) is 35.9. The largest absolute Gasteiger partial charge is 0.496 e. The average Bonchev–Trinajstić information content (AvgIpc) is 3.88. The van der Waals surface area contributed by atoms with E-state index in [0.717, 1.165) is 27.7 Å². The van der Waals surface area contributed by atoms with Crippen LogP contribution >= 0.6 is 0 Å². The van der Waals surface area contributed by atoms with E-state index in [9.17, 15) is 36.3 Å². The van der Waals surface area contributed by atoms with Crippen molar-refractivity contribution in [1.82, 2.24) is 14.9 Å². The van der Waals surface area contributed by atoms with Crippen molar-refractivity contribution < 1.29 is 41.4 Å². The summed E-state index contributed by atoms with van der Waals surface area (Å²) in [5, 5.41) is 13.3. The molecule has 48 heavy (non-hydrogen) atoms. The number of aromatic nitrogens is 2. The number of carboxylic acid groups (broad SMARTS) is 1. The van der Waals surface area contributed by atoms with Gasteiger partial charge in [-0.2, -0.15) is 13.2 Å². The van der Waals surface area contributed by atoms with Gasteiger partial charge in [0, 0.05) is 41.6 Å². The third-order valence-corrected chi connectivity index (χ3v) is 7.55. The van der Waals surface area contributed by atoms with Gasteiger partial charge < -0.3 is 25.0 Å². The number of amides is 1. The molecule has 1 fully saturated rings. The van der Waals surface area contributed by atoms with E-state index in [-0.39, 0.29) is 5.56 Å². The van der Waals surface area contributed by atoms with Crippen LogP contribution in [0.5, 0.6) is 5.75 Å². The van der Waals surface area contributed by atoms with Crippen molar-refractivity contribution in [1.29, 1.82) is 0 Å². The van der Waals surface area contributed by atoms with Crippen LogP contribution in [0.1, 0.15) is 48.3 Å². The molecule has 258 valence electrons. The zero-order valence-electron chi connectivity index (χ0n) is 27.3. The summed E-state index contributed by atoms with van der Waals surface area (Å²) in [5.74, 6) is -5.59. The summed E-state index contributed by atoms with van der Waals surface area (Å²) in [6, 6.07) is 8.97. The van der Waals surface area contributed by atoms with E-state index in [1.54, 1.807) is 30.2 Å². The smallest absolute Gasteiger partial charge is 0.408 e. The van der Waals surface area contributed by atoms with Crippen molar-refractivity contribution in [2.75, 3.05) is 19.0 Å². The Hall–Kier alpha value is -5.01. The van der Waals surface area contributed by atoms with Crippen molar-refractivity contribution in [3.05, 3.63) is 87.5 Å². The number of nitrogens with one attached hydrogen (secondary N) is 2. The number of carbonyl (C=O) groups excluding carboxylic acids is 1. The van der Waals surface area contributed by atoms with Crippen LogP contribution < -0.4 is 20.9 Å². The Morgan fingerprint density at radius 3 is 2.25 bits per heavy atom. The molecule has 1 aliphatic rings. The lowest BCUT2D eigenvalue weighted by molar-refractivity contribution is -0.146. The van der Waals surface area contributed by atoms with Crippen molar-refractivity contribution in [2.45, 2.75) is 52.8 Å². The van der Waals surface area contributed by atoms with Gasteiger partial charge in [0.05, 0.1) is 18.2 Å². The molecule has 9 nitrogen and oxygen atoms in total. The fraction of sp³-hybridized carbons (Fsp3) is 0.353. The Kier molecular flexibility index (Phi) is 12.3. The molecule has 3 N–H and O–H groups in total. The first-order valence-electron chi connectivity index (χ1n) is 15.1. The number of halogens is 5. The van der Waals surface area contributed by atoms with Gasteiger partial charge in [-0.05, 0) is 56.4 Å². The number of alkyl halides is 3. The van der Waals surface area contributed by atoms with E-state index in [0.29, 0.717) is 36.3 Å². The van der Waals surface area contributed by atoms with Crippen LogP contribution in [0.4, 0.5) is 27.6 Å². The number of methoxy groups -OCH3 is 1. The molecule has 0 aliphatic heterocycles. The number of hydrogen-bond donors (Lipinski definition) is 3. The molecule has 4 aromatic rings. The highest BCUT2D eigenvalue weighted by Crippen LogP contribution is 2.42. The Labute approximate surface area is 273 Å². The summed E-state index contributed by atoms with van der Waals surface area (Å²) >= 11 is 0. The lowest BCUT2D eigenvalue weighted by atomic mass is 9.99. The average molecular weight is 677 g/mol. The summed E-state index contributed by atoms with van der Waals surface area (Å²) in [4.78, 5) is 39.1. The zero-order valence-corrected chi connectivity index (χ0v) is 27.3. The van der Waals surface area contributed by atoms with Crippen LogP contribution in [0.2, 0.25) is 0 Å². The second-order valence-corrected chi connectivity index (χ2v) is 10.8. The van der Waals surface area contributed by atoms with Gasteiger partial charge in [0.25, 0.3) is 11.5 Å². The van der Waals surface area contributed by atoms with Crippen LogP contribution in [0.25, 0.3) is 22.0 Å². The third-order valence-electron chi connectivity index (χ3n) is 7.55. The van der Waals surface area contributed by atoms with Crippen LogP contribution in [0.3, 0.4) is 0 Å². The molecule has 2 aromatic heterocycles. The monoisotopic (exact) mass is 676 g/mol. The normalized spacial score (nSPS) is 13.0. The van der Waals surface area contributed by atoms with Crippen LogP contribution in [0, 0.1) is 31.4 Å². The Bertz CT molecular complexity index is 1830.